The number of methoxy groups -OCH3 is 2. The highest BCUT2D eigenvalue weighted by molar-refractivity contribution is 5.96. The molecule has 10 nitrogen and oxygen atoms in total. The van der Waals surface area contributed by atoms with Gasteiger partial charge in [-0.25, -0.2) is 4.79 Å². The first-order valence-corrected chi connectivity index (χ1v) is 9.45. The average molecular weight is 432 g/mol. The topological polar surface area (TPSA) is 126 Å². The molecule has 0 saturated heterocycles. The minimum Gasteiger partial charge on any atom is -0.497 e. The predicted molar refractivity (Wildman–Crippen MR) is 111 cm³/mol. The third-order valence-corrected chi connectivity index (χ3v) is 4.23. The number of hydrogen-bond donors (Lipinski definition) is 1. The van der Waals surface area contributed by atoms with Crippen molar-refractivity contribution in [1.82, 2.24) is 5.32 Å². The number of esters is 1. The predicted octanol–water partition coefficient (Wildman–Crippen LogP) is 2.53. The van der Waals surface area contributed by atoms with Crippen LogP contribution in [0, 0.1) is 10.1 Å². The van der Waals surface area contributed by atoms with Crippen LogP contribution in [-0.4, -0.2) is 50.8 Å². The van der Waals surface area contributed by atoms with Crippen molar-refractivity contribution in [2.45, 2.75) is 13.3 Å². The van der Waals surface area contributed by atoms with E-state index in [0.717, 1.165) is 17.4 Å². The highest BCUT2D eigenvalue weighted by Crippen LogP contribution is 2.35. The summed E-state index contributed by atoms with van der Waals surface area (Å²) in [5.74, 6) is -0.531. The first-order valence-electron chi connectivity index (χ1n) is 9.45. The summed E-state index contributed by atoms with van der Waals surface area (Å²) in [6, 6.07) is 9.64. The maximum absolute atomic E-state index is 12.4. The van der Waals surface area contributed by atoms with Crippen LogP contribution in [0.1, 0.15) is 22.8 Å². The van der Waals surface area contributed by atoms with Crippen molar-refractivity contribution in [2.75, 3.05) is 34.0 Å². The highest BCUT2D eigenvalue weighted by atomic mass is 16.6. The molecule has 0 fully saturated rings. The molecule has 0 aliphatic carbocycles. The molecule has 10 heteroatoms. The van der Waals surface area contributed by atoms with Gasteiger partial charge in [0.15, 0.2) is 18.1 Å². The summed E-state index contributed by atoms with van der Waals surface area (Å²) in [4.78, 5) is 34.9. The second-order valence-corrected chi connectivity index (χ2v) is 6.23. The lowest BCUT2D eigenvalue weighted by Crippen LogP contribution is -2.30. The van der Waals surface area contributed by atoms with E-state index in [0.29, 0.717) is 13.0 Å². The van der Waals surface area contributed by atoms with Gasteiger partial charge in [-0.05, 0) is 31.0 Å². The second kappa shape index (κ2) is 11.4. The molecular formula is C21H24N2O8. The first-order chi connectivity index (χ1) is 14.9. The Morgan fingerprint density at radius 3 is 2.35 bits per heavy atom. The van der Waals surface area contributed by atoms with Crippen molar-refractivity contribution in [3.8, 4) is 17.2 Å². The zero-order chi connectivity index (χ0) is 22.8. The van der Waals surface area contributed by atoms with Crippen LogP contribution in [0.25, 0.3) is 0 Å². The van der Waals surface area contributed by atoms with Gasteiger partial charge in [-0.3, -0.25) is 14.9 Å². The molecule has 2 aromatic carbocycles. The van der Waals surface area contributed by atoms with Crippen LogP contribution in [0.2, 0.25) is 0 Å². The summed E-state index contributed by atoms with van der Waals surface area (Å²) in [5.41, 5.74) is 0.154. The number of amides is 1. The largest absolute Gasteiger partial charge is 0.497 e. The van der Waals surface area contributed by atoms with Crippen molar-refractivity contribution in [3.63, 3.8) is 0 Å². The highest BCUT2D eigenvalue weighted by Gasteiger charge is 2.26. The number of hydrogen-bond acceptors (Lipinski definition) is 8. The quantitative estimate of drug-likeness (QED) is 0.326. The van der Waals surface area contributed by atoms with Crippen LogP contribution >= 0.6 is 0 Å². The molecule has 2 aromatic rings. The van der Waals surface area contributed by atoms with E-state index in [1.165, 1.54) is 13.2 Å². The minimum atomic E-state index is -1.01. The van der Waals surface area contributed by atoms with E-state index >= 15 is 0 Å². The van der Waals surface area contributed by atoms with E-state index in [1.54, 1.807) is 14.0 Å². The monoisotopic (exact) mass is 432 g/mol. The summed E-state index contributed by atoms with van der Waals surface area (Å²) in [6.45, 7) is 1.74. The number of ether oxygens (including phenoxy) is 4. The van der Waals surface area contributed by atoms with E-state index in [-0.39, 0.29) is 23.7 Å². The first kappa shape index (κ1) is 23.5. The lowest BCUT2D eigenvalue weighted by Gasteiger charge is -2.12. The molecule has 0 aromatic heterocycles. The fourth-order valence-electron chi connectivity index (χ4n) is 2.69. The van der Waals surface area contributed by atoms with Gasteiger partial charge in [0.2, 0.25) is 0 Å². The zero-order valence-corrected chi connectivity index (χ0v) is 17.5. The van der Waals surface area contributed by atoms with Crippen molar-refractivity contribution in [3.05, 3.63) is 57.6 Å². The molecule has 0 heterocycles. The Morgan fingerprint density at radius 2 is 1.77 bits per heavy atom. The van der Waals surface area contributed by atoms with Crippen LogP contribution in [0.4, 0.5) is 5.69 Å². The van der Waals surface area contributed by atoms with Crippen LogP contribution in [0.5, 0.6) is 17.2 Å². The zero-order valence-electron chi connectivity index (χ0n) is 17.5. The van der Waals surface area contributed by atoms with Crippen LogP contribution < -0.4 is 19.5 Å². The Balaban J connectivity index is 1.95. The molecule has 166 valence electrons. The van der Waals surface area contributed by atoms with Crippen LogP contribution in [0.3, 0.4) is 0 Å². The molecule has 0 aliphatic rings. The van der Waals surface area contributed by atoms with Gasteiger partial charge in [0.05, 0.1) is 31.8 Å². The normalized spacial score (nSPS) is 10.2. The van der Waals surface area contributed by atoms with Crippen LogP contribution in [0.15, 0.2) is 36.4 Å². The van der Waals surface area contributed by atoms with Gasteiger partial charge < -0.3 is 24.3 Å². The SMILES string of the molecule is CCOc1cc(C(=O)OCC(=O)NCCc2ccc(OC)cc2)c([N+](=O)[O-])cc1OC. The van der Waals surface area contributed by atoms with E-state index in [9.17, 15) is 19.7 Å². The van der Waals surface area contributed by atoms with Crippen LogP contribution in [-0.2, 0) is 16.0 Å². The number of rotatable bonds is 11. The maximum Gasteiger partial charge on any atom is 0.345 e. The standard InChI is InChI=1S/C21H24N2O8/c1-4-30-19-11-16(17(23(26)27)12-18(19)29-3)21(25)31-13-20(24)22-10-9-14-5-7-15(28-2)8-6-14/h5-8,11-12H,4,9-10,13H2,1-3H3,(H,22,24). The molecule has 1 amide bonds. The molecule has 0 unspecified atom stereocenters. The van der Waals surface area contributed by atoms with E-state index in [4.69, 9.17) is 18.9 Å². The smallest absolute Gasteiger partial charge is 0.345 e. The number of nitrogens with zero attached hydrogens (tertiary/aromatic N) is 1. The Hall–Kier alpha value is -3.82. The second-order valence-electron chi connectivity index (χ2n) is 6.23. The van der Waals surface area contributed by atoms with Gasteiger partial charge in [0.25, 0.3) is 11.6 Å². The Labute approximate surface area is 179 Å². The molecular weight excluding hydrogens is 408 g/mol. The third-order valence-electron chi connectivity index (χ3n) is 4.23. The van der Waals surface area contributed by atoms with Gasteiger partial charge in [-0.2, -0.15) is 0 Å². The van der Waals surface area contributed by atoms with Gasteiger partial charge in [-0.1, -0.05) is 12.1 Å². The van der Waals surface area contributed by atoms with Gasteiger partial charge in [0.1, 0.15) is 11.3 Å². The molecule has 0 spiro atoms. The summed E-state index contributed by atoms with van der Waals surface area (Å²) in [7, 11) is 2.91. The molecule has 31 heavy (non-hydrogen) atoms. The summed E-state index contributed by atoms with van der Waals surface area (Å²) in [5, 5.41) is 14.0. The number of carbonyl (C=O) groups is 2. The Kier molecular flexibility index (Phi) is 8.62. The minimum absolute atomic E-state index is 0.112. The Bertz CT molecular complexity index is 928. The number of carbonyl (C=O) groups excluding carboxylic acids is 2. The van der Waals surface area contributed by atoms with E-state index in [1.807, 2.05) is 24.3 Å². The third kappa shape index (κ3) is 6.59. The van der Waals surface area contributed by atoms with Crippen molar-refractivity contribution in [2.24, 2.45) is 0 Å². The fourth-order valence-corrected chi connectivity index (χ4v) is 2.69. The Morgan fingerprint density at radius 1 is 1.06 bits per heavy atom. The van der Waals surface area contributed by atoms with Crippen molar-refractivity contribution >= 4 is 17.6 Å². The number of nitro benzene ring substituents is 1. The molecule has 0 aliphatic heterocycles. The molecule has 0 radical (unpaired) electrons. The summed E-state index contributed by atoms with van der Waals surface area (Å²) in [6.07, 6.45) is 0.575. The summed E-state index contributed by atoms with van der Waals surface area (Å²) < 4.78 is 20.4. The molecule has 1 N–H and O–H groups in total. The van der Waals surface area contributed by atoms with Gasteiger partial charge in [-0.15, -0.1) is 0 Å². The maximum atomic E-state index is 12.4. The lowest BCUT2D eigenvalue weighted by atomic mass is 10.1. The van der Waals surface area contributed by atoms with Gasteiger partial charge in [0, 0.05) is 12.6 Å². The fraction of sp³-hybridized carbons (Fsp3) is 0.333. The van der Waals surface area contributed by atoms with Gasteiger partial charge >= 0.3 is 5.97 Å². The van der Waals surface area contributed by atoms with E-state index < -0.39 is 29.1 Å². The molecule has 0 bridgehead atoms. The average Bonchev–Trinajstić information content (AvgIpc) is 2.77. The number of nitro groups is 1. The van der Waals surface area contributed by atoms with E-state index in [2.05, 4.69) is 5.32 Å². The molecule has 0 saturated carbocycles. The molecule has 0 atom stereocenters. The summed E-state index contributed by atoms with van der Waals surface area (Å²) >= 11 is 0. The number of nitrogens with one attached hydrogen (secondary N) is 1. The molecule has 2 rings (SSSR count). The van der Waals surface area contributed by atoms with Crippen molar-refractivity contribution < 1.29 is 33.5 Å². The lowest BCUT2D eigenvalue weighted by molar-refractivity contribution is -0.385. The van der Waals surface area contributed by atoms with Crippen molar-refractivity contribution in [1.29, 1.82) is 0 Å². The number of benzene rings is 2.